The molecule has 3 N–H and O–H groups in total. The molecule has 0 aromatic carbocycles. The number of amides is 2. The predicted molar refractivity (Wildman–Crippen MR) is 65.1 cm³/mol. The van der Waals surface area contributed by atoms with E-state index in [4.69, 9.17) is 14.6 Å². The van der Waals surface area contributed by atoms with Gasteiger partial charge in [-0.15, -0.1) is 0 Å². The van der Waals surface area contributed by atoms with E-state index in [9.17, 15) is 9.59 Å². The van der Waals surface area contributed by atoms with E-state index < -0.39 is 30.3 Å². The van der Waals surface area contributed by atoms with E-state index in [-0.39, 0.29) is 0 Å². The molecule has 0 aliphatic rings. The predicted octanol–water partition coefficient (Wildman–Crippen LogP) is -0.365. The van der Waals surface area contributed by atoms with E-state index in [1.54, 1.807) is 20.8 Å². The van der Waals surface area contributed by atoms with Crippen LogP contribution in [0.15, 0.2) is 0 Å². The fourth-order valence-corrected chi connectivity index (χ4v) is 1.04. The molecule has 18 heavy (non-hydrogen) atoms. The van der Waals surface area contributed by atoms with Crippen molar-refractivity contribution < 1.29 is 24.2 Å². The number of aliphatic hydroxyl groups is 1. The lowest BCUT2D eigenvalue weighted by Crippen LogP contribution is -2.50. The molecule has 0 unspecified atom stereocenters. The second kappa shape index (κ2) is 7.88. The minimum atomic E-state index is -1.03. The van der Waals surface area contributed by atoms with Crippen LogP contribution >= 0.6 is 0 Å². The Balaban J connectivity index is 4.17. The summed E-state index contributed by atoms with van der Waals surface area (Å²) in [7, 11) is 1.51. The second-order valence-corrected chi connectivity index (χ2v) is 4.67. The van der Waals surface area contributed by atoms with Crippen molar-refractivity contribution in [3.05, 3.63) is 0 Å². The van der Waals surface area contributed by atoms with Gasteiger partial charge < -0.3 is 25.2 Å². The van der Waals surface area contributed by atoms with Crippen molar-refractivity contribution in [2.75, 3.05) is 26.9 Å². The molecular formula is C11H22N2O5. The van der Waals surface area contributed by atoms with Crippen LogP contribution in [0.3, 0.4) is 0 Å². The third-order valence-electron chi connectivity index (χ3n) is 1.80. The van der Waals surface area contributed by atoms with Gasteiger partial charge in [0.2, 0.25) is 5.91 Å². The second-order valence-electron chi connectivity index (χ2n) is 4.67. The van der Waals surface area contributed by atoms with Gasteiger partial charge in [0.05, 0.1) is 13.2 Å². The molecule has 0 fully saturated rings. The molecule has 106 valence electrons. The Morgan fingerprint density at radius 3 is 2.39 bits per heavy atom. The molecule has 7 nitrogen and oxygen atoms in total. The Hall–Kier alpha value is -1.34. The Labute approximate surface area is 107 Å². The third kappa shape index (κ3) is 7.86. The first-order valence-corrected chi connectivity index (χ1v) is 5.67. The van der Waals surface area contributed by atoms with Crippen LogP contribution in [0.4, 0.5) is 4.79 Å². The summed E-state index contributed by atoms with van der Waals surface area (Å²) in [6, 6.07) is -1.03. The van der Waals surface area contributed by atoms with Gasteiger partial charge in [-0.05, 0) is 20.8 Å². The van der Waals surface area contributed by atoms with Crippen molar-refractivity contribution in [2.45, 2.75) is 32.4 Å². The molecule has 0 radical (unpaired) electrons. The average molecular weight is 262 g/mol. The third-order valence-corrected chi connectivity index (χ3v) is 1.80. The molecule has 7 heteroatoms. The van der Waals surface area contributed by atoms with E-state index in [1.165, 1.54) is 7.11 Å². The Morgan fingerprint density at radius 1 is 1.33 bits per heavy atom. The van der Waals surface area contributed by atoms with Crippen LogP contribution in [0.1, 0.15) is 20.8 Å². The van der Waals surface area contributed by atoms with Gasteiger partial charge in [0, 0.05) is 13.7 Å². The van der Waals surface area contributed by atoms with E-state index in [2.05, 4.69) is 10.6 Å². The summed E-state index contributed by atoms with van der Waals surface area (Å²) in [5, 5.41) is 13.8. The number of methoxy groups -OCH3 is 1. The van der Waals surface area contributed by atoms with Gasteiger partial charge in [0.15, 0.2) is 0 Å². The smallest absolute Gasteiger partial charge is 0.408 e. The molecular weight excluding hydrogens is 240 g/mol. The number of alkyl carbamates (subject to hydrolysis) is 1. The van der Waals surface area contributed by atoms with Gasteiger partial charge in [-0.2, -0.15) is 0 Å². The number of ether oxygens (including phenoxy) is 2. The number of hydrogen-bond acceptors (Lipinski definition) is 5. The van der Waals surface area contributed by atoms with E-state index in [1.807, 2.05) is 0 Å². The molecule has 0 saturated carbocycles. The zero-order valence-electron chi connectivity index (χ0n) is 11.3. The summed E-state index contributed by atoms with van der Waals surface area (Å²) in [5.41, 5.74) is -0.656. The molecule has 0 heterocycles. The van der Waals surface area contributed by atoms with Crippen LogP contribution in [-0.2, 0) is 14.3 Å². The maximum atomic E-state index is 11.6. The zero-order chi connectivity index (χ0) is 14.2. The van der Waals surface area contributed by atoms with Gasteiger partial charge in [0.25, 0.3) is 0 Å². The van der Waals surface area contributed by atoms with Crippen molar-refractivity contribution in [1.29, 1.82) is 0 Å². The summed E-state index contributed by atoms with van der Waals surface area (Å²) in [6.07, 6.45) is -0.747. The van der Waals surface area contributed by atoms with Crippen LogP contribution < -0.4 is 10.6 Å². The fraction of sp³-hybridized carbons (Fsp3) is 0.818. The van der Waals surface area contributed by atoms with Crippen molar-refractivity contribution >= 4 is 12.0 Å². The SMILES string of the molecule is COCCNC(=O)[C@H](CO)NC(=O)OC(C)(C)C. The van der Waals surface area contributed by atoms with E-state index in [0.29, 0.717) is 13.2 Å². The maximum absolute atomic E-state index is 11.6. The van der Waals surface area contributed by atoms with E-state index >= 15 is 0 Å². The van der Waals surface area contributed by atoms with Crippen LogP contribution in [0.25, 0.3) is 0 Å². The molecule has 1 atom stereocenters. The minimum Gasteiger partial charge on any atom is -0.444 e. The molecule has 2 amide bonds. The molecule has 0 bridgehead atoms. The molecule has 0 aromatic rings. The van der Waals surface area contributed by atoms with Crippen LogP contribution in [0, 0.1) is 0 Å². The summed E-state index contributed by atoms with van der Waals surface area (Å²) in [5.74, 6) is -0.486. The lowest BCUT2D eigenvalue weighted by atomic mass is 10.2. The zero-order valence-corrected chi connectivity index (χ0v) is 11.3. The first kappa shape index (κ1) is 16.7. The van der Waals surface area contributed by atoms with Crippen LogP contribution in [-0.4, -0.2) is 55.6 Å². The van der Waals surface area contributed by atoms with Gasteiger partial charge in [-0.1, -0.05) is 0 Å². The number of rotatable bonds is 6. The van der Waals surface area contributed by atoms with Gasteiger partial charge in [-0.25, -0.2) is 4.79 Å². The Bertz CT molecular complexity index is 275. The highest BCUT2D eigenvalue weighted by Gasteiger charge is 2.23. The highest BCUT2D eigenvalue weighted by molar-refractivity contribution is 5.85. The average Bonchev–Trinajstić information content (AvgIpc) is 2.23. The highest BCUT2D eigenvalue weighted by Crippen LogP contribution is 2.06. The maximum Gasteiger partial charge on any atom is 0.408 e. The lowest BCUT2D eigenvalue weighted by molar-refractivity contribution is -0.124. The monoisotopic (exact) mass is 262 g/mol. The topological polar surface area (TPSA) is 96.9 Å². The Morgan fingerprint density at radius 2 is 1.94 bits per heavy atom. The van der Waals surface area contributed by atoms with Gasteiger partial charge in [0.1, 0.15) is 11.6 Å². The number of aliphatic hydroxyl groups excluding tert-OH is 1. The molecule has 0 spiro atoms. The van der Waals surface area contributed by atoms with Crippen molar-refractivity contribution in [3.8, 4) is 0 Å². The summed E-state index contributed by atoms with van der Waals surface area (Å²) in [6.45, 7) is 5.29. The number of hydrogen-bond donors (Lipinski definition) is 3. The highest BCUT2D eigenvalue weighted by atomic mass is 16.6. The Kier molecular flexibility index (Phi) is 7.30. The first-order chi connectivity index (χ1) is 8.30. The summed E-state index contributed by atoms with van der Waals surface area (Å²) >= 11 is 0. The summed E-state index contributed by atoms with van der Waals surface area (Å²) < 4.78 is 9.74. The van der Waals surface area contributed by atoms with Crippen molar-refractivity contribution in [3.63, 3.8) is 0 Å². The van der Waals surface area contributed by atoms with Crippen molar-refractivity contribution in [2.24, 2.45) is 0 Å². The minimum absolute atomic E-state index is 0.307. The normalized spacial score (nSPS) is 12.7. The quantitative estimate of drug-likeness (QED) is 0.568. The molecule has 0 saturated heterocycles. The number of carbonyl (C=O) groups excluding carboxylic acids is 2. The molecule has 0 rings (SSSR count). The number of nitrogens with one attached hydrogen (secondary N) is 2. The summed E-state index contributed by atoms with van der Waals surface area (Å²) in [4.78, 5) is 23.0. The first-order valence-electron chi connectivity index (χ1n) is 5.67. The fourth-order valence-electron chi connectivity index (χ4n) is 1.04. The van der Waals surface area contributed by atoms with Gasteiger partial charge in [-0.3, -0.25) is 4.79 Å². The van der Waals surface area contributed by atoms with Gasteiger partial charge >= 0.3 is 6.09 Å². The largest absolute Gasteiger partial charge is 0.444 e. The number of carbonyl (C=O) groups is 2. The van der Waals surface area contributed by atoms with Crippen LogP contribution in [0.2, 0.25) is 0 Å². The standard InChI is InChI=1S/C11H22N2O5/c1-11(2,3)18-10(16)13-8(7-14)9(15)12-5-6-17-4/h8,14H,5-7H2,1-4H3,(H,12,15)(H,13,16)/t8-/m0/s1. The molecule has 0 aromatic heterocycles. The van der Waals surface area contributed by atoms with Crippen LogP contribution in [0.5, 0.6) is 0 Å². The van der Waals surface area contributed by atoms with E-state index in [0.717, 1.165) is 0 Å². The molecule has 0 aliphatic carbocycles. The van der Waals surface area contributed by atoms with Crippen molar-refractivity contribution in [1.82, 2.24) is 10.6 Å². The molecule has 0 aliphatic heterocycles. The lowest BCUT2D eigenvalue weighted by Gasteiger charge is -2.22.